The van der Waals surface area contributed by atoms with E-state index in [2.05, 4.69) is 30.7 Å². The summed E-state index contributed by atoms with van der Waals surface area (Å²) >= 11 is 1.92. The average molecular weight is 278 g/mol. The molecule has 0 saturated carbocycles. The van der Waals surface area contributed by atoms with Crippen molar-refractivity contribution >= 4 is 23.7 Å². The fraction of sp³-hybridized carbons (Fsp3) is 0.400. The highest BCUT2D eigenvalue weighted by Crippen LogP contribution is 2.20. The Morgan fingerprint density at radius 1 is 1.32 bits per heavy atom. The summed E-state index contributed by atoms with van der Waals surface area (Å²) in [5, 5.41) is 3.31. The zero-order valence-electron chi connectivity index (χ0n) is 10.2. The summed E-state index contributed by atoms with van der Waals surface area (Å²) in [6, 6.07) is 0.397. The van der Waals surface area contributed by atoms with Crippen LogP contribution in [0.2, 0.25) is 0 Å². The summed E-state index contributed by atoms with van der Waals surface area (Å²) in [4.78, 5) is 16.7. The van der Waals surface area contributed by atoms with Crippen molar-refractivity contribution in [2.75, 3.05) is 22.2 Å². The van der Waals surface area contributed by atoms with Crippen molar-refractivity contribution in [1.29, 1.82) is 0 Å². The van der Waals surface area contributed by atoms with E-state index in [-0.39, 0.29) is 0 Å². The third-order valence-corrected chi connectivity index (χ3v) is 3.91. The van der Waals surface area contributed by atoms with E-state index in [9.17, 15) is 0 Å². The van der Waals surface area contributed by atoms with Gasteiger partial charge in [0.05, 0.1) is 0 Å². The first-order chi connectivity index (χ1) is 9.35. The predicted molar refractivity (Wildman–Crippen MR) is 74.1 cm³/mol. The lowest BCUT2D eigenvalue weighted by Crippen LogP contribution is -2.22. The van der Waals surface area contributed by atoms with Crippen molar-refractivity contribution in [3.63, 3.8) is 0 Å². The van der Waals surface area contributed by atoms with E-state index in [1.54, 1.807) is 23.3 Å². The van der Waals surface area contributed by atoms with Gasteiger partial charge in [0.15, 0.2) is 0 Å². The topological polar surface area (TPSA) is 107 Å². The van der Waals surface area contributed by atoms with Gasteiger partial charge in [0.2, 0.25) is 17.8 Å². The minimum Gasteiger partial charge on any atom is -0.350 e. The van der Waals surface area contributed by atoms with Crippen LogP contribution in [0.4, 0.5) is 11.9 Å². The van der Waals surface area contributed by atoms with Crippen LogP contribution in [0, 0.1) is 0 Å². The Morgan fingerprint density at radius 2 is 2.21 bits per heavy atom. The summed E-state index contributed by atoms with van der Waals surface area (Å²) in [7, 11) is 0. The molecular weight excluding hydrogens is 264 g/mol. The fourth-order valence-corrected chi connectivity index (χ4v) is 2.97. The normalized spacial score (nSPS) is 18.5. The molecule has 100 valence electrons. The molecule has 1 saturated heterocycles. The molecule has 2 aromatic rings. The van der Waals surface area contributed by atoms with Crippen molar-refractivity contribution < 1.29 is 0 Å². The Hall–Kier alpha value is -1.87. The summed E-state index contributed by atoms with van der Waals surface area (Å²) < 4.78 is 1.71. The predicted octanol–water partition coefficient (Wildman–Crippen LogP) is 0.260. The van der Waals surface area contributed by atoms with Crippen molar-refractivity contribution in [1.82, 2.24) is 24.5 Å². The molecule has 3 heterocycles. The third kappa shape index (κ3) is 2.76. The van der Waals surface area contributed by atoms with Crippen molar-refractivity contribution in [3.05, 3.63) is 18.7 Å². The lowest BCUT2D eigenvalue weighted by molar-refractivity contribution is 0.788. The van der Waals surface area contributed by atoms with E-state index in [1.165, 1.54) is 5.75 Å². The number of hydrogen-bond donors (Lipinski definition) is 3. The average Bonchev–Trinajstić information content (AvgIpc) is 3.11. The lowest BCUT2D eigenvalue weighted by atomic mass is 10.3. The first kappa shape index (κ1) is 12.2. The number of nitrogens with two attached hydrogens (primary N) is 1. The second kappa shape index (κ2) is 5.41. The minimum atomic E-state index is 0.326. The van der Waals surface area contributed by atoms with Gasteiger partial charge in [-0.25, -0.2) is 10.8 Å². The van der Waals surface area contributed by atoms with E-state index < -0.39 is 0 Å². The van der Waals surface area contributed by atoms with Crippen LogP contribution in [0.3, 0.4) is 0 Å². The number of imidazole rings is 1. The third-order valence-electron chi connectivity index (χ3n) is 2.75. The highest BCUT2D eigenvalue weighted by molar-refractivity contribution is 7.99. The van der Waals surface area contributed by atoms with Crippen LogP contribution >= 0.6 is 11.8 Å². The maximum Gasteiger partial charge on any atom is 0.243 e. The van der Waals surface area contributed by atoms with E-state index >= 15 is 0 Å². The lowest BCUT2D eigenvalue weighted by Gasteiger charge is -2.12. The van der Waals surface area contributed by atoms with Crippen LogP contribution < -0.4 is 16.6 Å². The number of nitrogen functional groups attached to an aromatic ring is 1. The molecule has 1 fully saturated rings. The molecule has 1 unspecified atom stereocenters. The van der Waals surface area contributed by atoms with Crippen LogP contribution in [0.5, 0.6) is 0 Å². The van der Waals surface area contributed by atoms with E-state index in [0.717, 1.165) is 12.2 Å². The fourth-order valence-electron chi connectivity index (χ4n) is 1.82. The Labute approximate surface area is 114 Å². The Bertz CT molecular complexity index is 536. The van der Waals surface area contributed by atoms with Gasteiger partial charge < -0.3 is 5.32 Å². The molecule has 1 aliphatic rings. The minimum absolute atomic E-state index is 0.326. The molecule has 19 heavy (non-hydrogen) atoms. The van der Waals surface area contributed by atoms with E-state index in [4.69, 9.17) is 5.84 Å². The molecule has 0 amide bonds. The first-order valence-electron chi connectivity index (χ1n) is 5.90. The molecule has 0 radical (unpaired) electrons. The van der Waals surface area contributed by atoms with E-state index in [1.807, 2.05) is 11.8 Å². The van der Waals surface area contributed by atoms with Crippen LogP contribution in [0.15, 0.2) is 18.7 Å². The molecule has 0 bridgehead atoms. The van der Waals surface area contributed by atoms with Crippen molar-refractivity contribution in [2.45, 2.75) is 12.5 Å². The summed E-state index contributed by atoms with van der Waals surface area (Å²) in [6.07, 6.45) is 6.18. The standard InChI is InChI=1S/C10H14N8S/c11-17-9-14-8(13-7-1-4-19-5-7)15-10(16-9)18-3-2-12-6-18/h2-3,6-7H,1,4-5,11H2,(H2,13,14,15,16,17). The number of hydrogen-bond acceptors (Lipinski definition) is 8. The first-order valence-corrected chi connectivity index (χ1v) is 7.06. The molecule has 8 nitrogen and oxygen atoms in total. The Morgan fingerprint density at radius 3 is 2.89 bits per heavy atom. The van der Waals surface area contributed by atoms with Gasteiger partial charge in [-0.05, 0) is 12.2 Å². The quantitative estimate of drug-likeness (QED) is 0.540. The second-order valence-electron chi connectivity index (χ2n) is 4.10. The van der Waals surface area contributed by atoms with Gasteiger partial charge in [0.1, 0.15) is 6.33 Å². The smallest absolute Gasteiger partial charge is 0.243 e. The number of aromatic nitrogens is 5. The SMILES string of the molecule is NNc1nc(NC2CCSC2)nc(-n2ccnc2)n1. The van der Waals surface area contributed by atoms with Crippen LogP contribution in [0.1, 0.15) is 6.42 Å². The molecule has 2 aromatic heterocycles. The van der Waals surface area contributed by atoms with Crippen LogP contribution in [-0.4, -0.2) is 42.1 Å². The van der Waals surface area contributed by atoms with Gasteiger partial charge in [-0.3, -0.25) is 9.99 Å². The van der Waals surface area contributed by atoms with Crippen molar-refractivity contribution in [3.8, 4) is 5.95 Å². The second-order valence-corrected chi connectivity index (χ2v) is 5.25. The maximum atomic E-state index is 5.39. The molecular formula is C10H14N8S. The molecule has 1 aliphatic heterocycles. The number of anilines is 2. The number of nitrogens with zero attached hydrogens (tertiary/aromatic N) is 5. The molecule has 0 aliphatic carbocycles. The van der Waals surface area contributed by atoms with Crippen LogP contribution in [-0.2, 0) is 0 Å². The van der Waals surface area contributed by atoms with Gasteiger partial charge in [-0.1, -0.05) is 0 Å². The summed E-state index contributed by atoms with van der Waals surface area (Å²) in [5.41, 5.74) is 2.45. The summed E-state index contributed by atoms with van der Waals surface area (Å²) in [5.74, 6) is 8.96. The van der Waals surface area contributed by atoms with Gasteiger partial charge >= 0.3 is 0 Å². The number of hydrazine groups is 1. The Kier molecular flexibility index (Phi) is 3.47. The van der Waals surface area contributed by atoms with Gasteiger partial charge in [-0.15, -0.1) is 0 Å². The monoisotopic (exact) mass is 278 g/mol. The molecule has 4 N–H and O–H groups in total. The van der Waals surface area contributed by atoms with Gasteiger partial charge in [0, 0.05) is 24.2 Å². The molecule has 0 aromatic carbocycles. The molecule has 1 atom stereocenters. The zero-order chi connectivity index (χ0) is 13.1. The highest BCUT2D eigenvalue weighted by Gasteiger charge is 2.17. The highest BCUT2D eigenvalue weighted by atomic mass is 32.2. The van der Waals surface area contributed by atoms with Crippen LogP contribution in [0.25, 0.3) is 5.95 Å². The number of thioether (sulfide) groups is 1. The Balaban J connectivity index is 1.88. The van der Waals surface area contributed by atoms with Crippen molar-refractivity contribution in [2.24, 2.45) is 5.84 Å². The molecule has 0 spiro atoms. The largest absolute Gasteiger partial charge is 0.350 e. The van der Waals surface area contributed by atoms with E-state index in [0.29, 0.717) is 23.9 Å². The zero-order valence-corrected chi connectivity index (χ0v) is 11.0. The number of rotatable bonds is 4. The van der Waals surface area contributed by atoms with Gasteiger partial charge in [-0.2, -0.15) is 26.7 Å². The molecule has 3 rings (SSSR count). The maximum absolute atomic E-state index is 5.39. The summed E-state index contributed by atoms with van der Waals surface area (Å²) in [6.45, 7) is 0. The van der Waals surface area contributed by atoms with Gasteiger partial charge in [0.25, 0.3) is 0 Å². The molecule has 9 heteroatoms. The number of nitrogens with one attached hydrogen (secondary N) is 2.